The van der Waals surface area contributed by atoms with Gasteiger partial charge in [-0.3, -0.25) is 0 Å². The fourth-order valence-electron chi connectivity index (χ4n) is 0.710. The lowest BCUT2D eigenvalue weighted by atomic mass is 10.3. The van der Waals surface area contributed by atoms with Crippen LogP contribution in [0.2, 0.25) is 0 Å². The zero-order valence-corrected chi connectivity index (χ0v) is 5.08. The molecule has 0 aromatic carbocycles. The predicted molar refractivity (Wildman–Crippen MR) is 30.8 cm³/mol. The van der Waals surface area contributed by atoms with Crippen LogP contribution in [0.4, 0.5) is 0 Å². The fourth-order valence-corrected chi connectivity index (χ4v) is 1.88. The molecule has 1 atom stereocenters. The molecule has 1 unspecified atom stereocenters. The summed E-state index contributed by atoms with van der Waals surface area (Å²) in [4.78, 5) is 0. The summed E-state index contributed by atoms with van der Waals surface area (Å²) in [7, 11) is -0.971. The smallest absolute Gasteiger partial charge is 0.0685 e. The van der Waals surface area contributed by atoms with E-state index in [2.05, 4.69) is 6.58 Å². The summed E-state index contributed by atoms with van der Waals surface area (Å²) >= 11 is 0. The topological polar surface area (TPSA) is 17.1 Å². The highest BCUT2D eigenvalue weighted by molar-refractivity contribution is 7.49. The predicted octanol–water partition coefficient (Wildman–Crippen LogP) is 2.12. The van der Waals surface area contributed by atoms with Gasteiger partial charge in [0.1, 0.15) is 0 Å². The summed E-state index contributed by atoms with van der Waals surface area (Å²) in [5.74, 6) is 0. The number of allylic oxidation sites excluding steroid dienone is 1. The van der Waals surface area contributed by atoms with Crippen LogP contribution in [0.3, 0.4) is 0 Å². The molecule has 1 heterocycles. The van der Waals surface area contributed by atoms with Gasteiger partial charge in [0.15, 0.2) is 11.5 Å². The highest BCUT2D eigenvalue weighted by Crippen LogP contribution is 2.41. The second-order valence-corrected chi connectivity index (χ2v) is 3.61. The molecule has 0 amide bonds. The molecule has 0 bridgehead atoms. The van der Waals surface area contributed by atoms with Crippen LogP contribution in [-0.2, 0) is 4.57 Å². The van der Waals surface area contributed by atoms with E-state index in [9.17, 15) is 4.57 Å². The molecule has 0 saturated carbocycles. The van der Waals surface area contributed by atoms with E-state index in [0.29, 0.717) is 0 Å². The Hall–Kier alpha value is -0.160. The van der Waals surface area contributed by atoms with Crippen LogP contribution in [0.25, 0.3) is 0 Å². The standard InChI is InChI=1S/C5H8OP/c1-5-3-2-4-7(5)6/h1-4H2/q+1. The van der Waals surface area contributed by atoms with E-state index in [1.807, 2.05) is 0 Å². The summed E-state index contributed by atoms with van der Waals surface area (Å²) in [6.45, 7) is 3.65. The Labute approximate surface area is 44.2 Å². The van der Waals surface area contributed by atoms with Gasteiger partial charge < -0.3 is 0 Å². The molecule has 1 saturated heterocycles. The van der Waals surface area contributed by atoms with Crippen LogP contribution in [-0.4, -0.2) is 6.16 Å². The lowest BCUT2D eigenvalue weighted by Crippen LogP contribution is -1.57. The number of hydrogen-bond acceptors (Lipinski definition) is 1. The van der Waals surface area contributed by atoms with Crippen molar-refractivity contribution >= 4 is 7.80 Å². The summed E-state index contributed by atoms with van der Waals surface area (Å²) in [5, 5.41) is 0.968. The highest BCUT2D eigenvalue weighted by atomic mass is 31.1. The third-order valence-electron chi connectivity index (χ3n) is 1.18. The van der Waals surface area contributed by atoms with Crippen LogP contribution in [0.15, 0.2) is 11.9 Å². The van der Waals surface area contributed by atoms with E-state index in [1.165, 1.54) is 0 Å². The van der Waals surface area contributed by atoms with Gasteiger partial charge in [0.25, 0.3) is 0 Å². The molecule has 0 aromatic rings. The average molecular weight is 115 g/mol. The molecule has 1 rings (SSSR count). The van der Waals surface area contributed by atoms with Gasteiger partial charge in [0.05, 0.1) is 0 Å². The van der Waals surface area contributed by atoms with Crippen LogP contribution in [0.5, 0.6) is 0 Å². The minimum Gasteiger partial charge on any atom is -0.0685 e. The van der Waals surface area contributed by atoms with Crippen molar-refractivity contribution in [2.24, 2.45) is 0 Å². The Bertz CT molecular complexity index is 103. The maximum Gasteiger partial charge on any atom is 0.371 e. The minimum absolute atomic E-state index is 0.883. The summed E-state index contributed by atoms with van der Waals surface area (Å²) < 4.78 is 10.6. The maximum absolute atomic E-state index is 10.6. The van der Waals surface area contributed by atoms with Gasteiger partial charge in [-0.25, -0.2) is 0 Å². The van der Waals surface area contributed by atoms with Crippen LogP contribution >= 0.6 is 7.80 Å². The molecule has 0 N–H and O–H groups in total. The Kier molecular flexibility index (Phi) is 1.25. The van der Waals surface area contributed by atoms with Crippen LogP contribution < -0.4 is 0 Å². The van der Waals surface area contributed by atoms with Crippen molar-refractivity contribution in [3.8, 4) is 0 Å². The molecule has 0 radical (unpaired) electrons. The Balaban J connectivity index is 2.65. The molecule has 7 heavy (non-hydrogen) atoms. The molecule has 1 fully saturated rings. The lowest BCUT2D eigenvalue weighted by Gasteiger charge is -1.66. The van der Waals surface area contributed by atoms with Crippen LogP contribution in [0, 0.1) is 0 Å². The van der Waals surface area contributed by atoms with Crippen LogP contribution in [0.1, 0.15) is 12.8 Å². The molecule has 1 nitrogen and oxygen atoms in total. The summed E-state index contributed by atoms with van der Waals surface area (Å²) in [5.41, 5.74) is 0. The van der Waals surface area contributed by atoms with Gasteiger partial charge in [0, 0.05) is 6.42 Å². The molecule has 1 aliphatic heterocycles. The van der Waals surface area contributed by atoms with Crippen molar-refractivity contribution in [2.45, 2.75) is 12.8 Å². The average Bonchev–Trinajstić information content (AvgIpc) is 1.91. The third kappa shape index (κ3) is 0.889. The quantitative estimate of drug-likeness (QED) is 0.442. The SMILES string of the molecule is C=C1CCC[P+]1=O. The molecular formula is C5H8OP+. The van der Waals surface area contributed by atoms with E-state index in [0.717, 1.165) is 24.3 Å². The van der Waals surface area contributed by atoms with Gasteiger partial charge >= 0.3 is 7.80 Å². The van der Waals surface area contributed by atoms with E-state index in [1.54, 1.807) is 0 Å². The first-order valence-corrected chi connectivity index (χ1v) is 3.87. The van der Waals surface area contributed by atoms with Gasteiger partial charge in [-0.1, -0.05) is 4.57 Å². The molecule has 0 aromatic heterocycles. The van der Waals surface area contributed by atoms with Crippen molar-refractivity contribution in [1.82, 2.24) is 0 Å². The molecular weight excluding hydrogens is 107 g/mol. The van der Waals surface area contributed by atoms with Crippen molar-refractivity contribution in [1.29, 1.82) is 0 Å². The first kappa shape index (κ1) is 4.99. The molecule has 1 aliphatic rings. The first-order chi connectivity index (χ1) is 3.30. The van der Waals surface area contributed by atoms with E-state index >= 15 is 0 Å². The minimum atomic E-state index is -0.971. The first-order valence-electron chi connectivity index (χ1n) is 2.43. The van der Waals surface area contributed by atoms with E-state index < -0.39 is 7.80 Å². The van der Waals surface area contributed by atoms with Gasteiger partial charge in [-0.2, -0.15) is 0 Å². The zero-order valence-electron chi connectivity index (χ0n) is 4.18. The van der Waals surface area contributed by atoms with Gasteiger partial charge in [-0.15, -0.1) is 0 Å². The van der Waals surface area contributed by atoms with Crippen molar-refractivity contribution in [3.05, 3.63) is 11.9 Å². The Morgan fingerprint density at radius 3 is 2.57 bits per heavy atom. The summed E-state index contributed by atoms with van der Waals surface area (Å²) in [6, 6.07) is 0. The molecule has 0 aliphatic carbocycles. The second-order valence-electron chi connectivity index (χ2n) is 1.77. The highest BCUT2D eigenvalue weighted by Gasteiger charge is 2.27. The van der Waals surface area contributed by atoms with Crippen molar-refractivity contribution in [2.75, 3.05) is 6.16 Å². The van der Waals surface area contributed by atoms with Gasteiger partial charge in [-0.05, 0) is 13.0 Å². The lowest BCUT2D eigenvalue weighted by molar-refractivity contribution is 0.593. The van der Waals surface area contributed by atoms with E-state index in [-0.39, 0.29) is 0 Å². The van der Waals surface area contributed by atoms with Gasteiger partial charge in [0.2, 0.25) is 0 Å². The third-order valence-corrected chi connectivity index (χ3v) is 2.83. The largest absolute Gasteiger partial charge is 0.371 e. The maximum atomic E-state index is 10.6. The molecule has 2 heteroatoms. The van der Waals surface area contributed by atoms with Crippen molar-refractivity contribution in [3.63, 3.8) is 0 Å². The monoisotopic (exact) mass is 115 g/mol. The number of hydrogen-bond donors (Lipinski definition) is 0. The fraction of sp³-hybridized carbons (Fsp3) is 0.600. The zero-order chi connectivity index (χ0) is 5.28. The van der Waals surface area contributed by atoms with Crippen molar-refractivity contribution < 1.29 is 4.57 Å². The molecule has 0 spiro atoms. The summed E-state index contributed by atoms with van der Waals surface area (Å²) in [6.07, 6.45) is 2.97. The normalized spacial score (nSPS) is 26.3. The number of rotatable bonds is 0. The Morgan fingerprint density at radius 2 is 2.43 bits per heavy atom. The molecule has 38 valence electrons. The van der Waals surface area contributed by atoms with E-state index in [4.69, 9.17) is 0 Å². The second kappa shape index (κ2) is 1.75. The Morgan fingerprint density at radius 1 is 1.71 bits per heavy atom.